The van der Waals surface area contributed by atoms with E-state index in [0.717, 1.165) is 16.7 Å². The van der Waals surface area contributed by atoms with Gasteiger partial charge in [-0.15, -0.1) is 0 Å². The van der Waals surface area contributed by atoms with E-state index in [-0.39, 0.29) is 17.4 Å². The normalized spacial score (nSPS) is 10.5. The zero-order valence-corrected chi connectivity index (χ0v) is 19.4. The first kappa shape index (κ1) is 23.4. The van der Waals surface area contributed by atoms with E-state index in [4.69, 9.17) is 0 Å². The molecule has 0 aliphatic heterocycles. The number of aromatic carboxylic acids is 1. The lowest BCUT2D eigenvalue weighted by Crippen LogP contribution is -2.27. The molecule has 0 unspecified atom stereocenters. The largest absolute Gasteiger partial charge is 0.478 e. The van der Waals surface area contributed by atoms with Crippen LogP contribution in [0.15, 0.2) is 97.1 Å². The number of carbonyl (C=O) groups excluding carboxylic acids is 2. The van der Waals surface area contributed by atoms with Gasteiger partial charge >= 0.3 is 5.97 Å². The topological polar surface area (TPSA) is 86.7 Å². The molecule has 0 bridgehead atoms. The Bertz CT molecular complexity index is 1390. The van der Waals surface area contributed by atoms with Crippen molar-refractivity contribution in [3.05, 3.63) is 119 Å². The van der Waals surface area contributed by atoms with Crippen molar-refractivity contribution < 1.29 is 19.5 Å². The Morgan fingerprint density at radius 2 is 1.34 bits per heavy atom. The van der Waals surface area contributed by atoms with E-state index in [1.807, 2.05) is 49.4 Å². The minimum absolute atomic E-state index is 0.0412. The molecule has 0 atom stereocenters. The number of aryl methyl sites for hydroxylation is 1. The molecule has 0 radical (unpaired) electrons. The highest BCUT2D eigenvalue weighted by atomic mass is 16.4. The fourth-order valence-electron chi connectivity index (χ4n) is 3.81. The number of benzene rings is 4. The Morgan fingerprint density at radius 1 is 0.743 bits per heavy atom. The van der Waals surface area contributed by atoms with Gasteiger partial charge in [-0.2, -0.15) is 0 Å². The second-order valence-corrected chi connectivity index (χ2v) is 8.13. The van der Waals surface area contributed by atoms with E-state index in [1.165, 1.54) is 18.0 Å². The number of nitrogens with zero attached hydrogens (tertiary/aromatic N) is 1. The van der Waals surface area contributed by atoms with Crippen LogP contribution < -0.4 is 10.2 Å². The number of hydrogen-bond donors (Lipinski definition) is 2. The molecule has 0 aliphatic rings. The summed E-state index contributed by atoms with van der Waals surface area (Å²) in [5, 5.41) is 12.3. The molecular weight excluding hydrogens is 440 g/mol. The Morgan fingerprint density at radius 3 is 2.00 bits per heavy atom. The van der Waals surface area contributed by atoms with Gasteiger partial charge in [-0.3, -0.25) is 9.59 Å². The SMILES string of the molecule is Cc1ccc(-c2ccccc2C(=O)Nc2ccc(C(=O)N(C)c3ccccc3C(=O)O)cc2)cc1. The Hall–Kier alpha value is -4.71. The van der Waals surface area contributed by atoms with Crippen molar-refractivity contribution in [2.75, 3.05) is 17.3 Å². The molecule has 4 aromatic carbocycles. The number of carboxylic acids is 1. The summed E-state index contributed by atoms with van der Waals surface area (Å²) in [6.07, 6.45) is 0. The molecule has 6 nitrogen and oxygen atoms in total. The van der Waals surface area contributed by atoms with Crippen LogP contribution in [0.1, 0.15) is 36.6 Å². The minimum Gasteiger partial charge on any atom is -0.478 e. The van der Waals surface area contributed by atoms with Crippen LogP contribution in [0.5, 0.6) is 0 Å². The van der Waals surface area contributed by atoms with E-state index in [0.29, 0.717) is 22.5 Å². The standard InChI is InChI=1S/C29H24N2O4/c1-19-11-13-20(14-12-19)23-7-3-4-8-24(23)27(32)30-22-17-15-21(16-18-22)28(33)31(2)26-10-6-5-9-25(26)29(34)35/h3-18H,1-2H3,(H,30,32)(H,34,35). The van der Waals surface area contributed by atoms with Crippen molar-refractivity contribution in [1.82, 2.24) is 0 Å². The highest BCUT2D eigenvalue weighted by Crippen LogP contribution is 2.26. The number of para-hydroxylation sites is 1. The van der Waals surface area contributed by atoms with Gasteiger partial charge < -0.3 is 15.3 Å². The van der Waals surface area contributed by atoms with E-state index in [9.17, 15) is 19.5 Å². The maximum absolute atomic E-state index is 13.0. The maximum atomic E-state index is 13.0. The number of carbonyl (C=O) groups is 3. The summed E-state index contributed by atoms with van der Waals surface area (Å²) in [6, 6.07) is 28.2. The van der Waals surface area contributed by atoms with Crippen LogP contribution in [0.25, 0.3) is 11.1 Å². The Kier molecular flexibility index (Phi) is 6.73. The molecule has 2 amide bonds. The van der Waals surface area contributed by atoms with E-state index in [2.05, 4.69) is 5.32 Å². The van der Waals surface area contributed by atoms with Crippen molar-refractivity contribution in [3.63, 3.8) is 0 Å². The van der Waals surface area contributed by atoms with Gasteiger partial charge in [-0.1, -0.05) is 60.2 Å². The van der Waals surface area contributed by atoms with Gasteiger partial charge in [-0.25, -0.2) is 4.79 Å². The van der Waals surface area contributed by atoms with Gasteiger partial charge in [0.2, 0.25) is 0 Å². The third kappa shape index (κ3) is 5.12. The Balaban J connectivity index is 1.52. The number of nitrogens with one attached hydrogen (secondary N) is 1. The van der Waals surface area contributed by atoms with Crippen LogP contribution in [-0.4, -0.2) is 29.9 Å². The summed E-state index contributed by atoms with van der Waals surface area (Å²) in [7, 11) is 1.53. The highest BCUT2D eigenvalue weighted by molar-refractivity contribution is 6.10. The number of amides is 2. The second kappa shape index (κ2) is 10.1. The first-order valence-corrected chi connectivity index (χ1v) is 11.0. The smallest absolute Gasteiger partial charge is 0.337 e. The van der Waals surface area contributed by atoms with Crippen LogP contribution in [-0.2, 0) is 0 Å². The van der Waals surface area contributed by atoms with Gasteiger partial charge in [0.25, 0.3) is 11.8 Å². The zero-order valence-electron chi connectivity index (χ0n) is 19.4. The molecule has 2 N–H and O–H groups in total. The predicted octanol–water partition coefficient (Wildman–Crippen LogP) is 5.89. The molecule has 4 aromatic rings. The first-order valence-electron chi connectivity index (χ1n) is 11.0. The lowest BCUT2D eigenvalue weighted by Gasteiger charge is -2.19. The van der Waals surface area contributed by atoms with Crippen molar-refractivity contribution >= 4 is 29.2 Å². The van der Waals surface area contributed by atoms with Crippen LogP contribution in [0.3, 0.4) is 0 Å². The van der Waals surface area contributed by atoms with E-state index >= 15 is 0 Å². The fraction of sp³-hybridized carbons (Fsp3) is 0.0690. The van der Waals surface area contributed by atoms with Crippen LogP contribution in [0, 0.1) is 6.92 Å². The van der Waals surface area contributed by atoms with Gasteiger partial charge in [0.05, 0.1) is 11.3 Å². The van der Waals surface area contributed by atoms with Gasteiger partial charge in [0, 0.05) is 23.9 Å². The number of hydrogen-bond acceptors (Lipinski definition) is 3. The summed E-state index contributed by atoms with van der Waals surface area (Å²) in [6.45, 7) is 2.01. The van der Waals surface area contributed by atoms with Crippen molar-refractivity contribution in [2.45, 2.75) is 6.92 Å². The summed E-state index contributed by atoms with van der Waals surface area (Å²) < 4.78 is 0. The monoisotopic (exact) mass is 464 g/mol. The number of anilines is 2. The van der Waals surface area contributed by atoms with Gasteiger partial charge in [0.15, 0.2) is 0 Å². The van der Waals surface area contributed by atoms with Gasteiger partial charge in [0.1, 0.15) is 0 Å². The number of rotatable bonds is 6. The molecule has 0 saturated carbocycles. The third-order valence-corrected chi connectivity index (χ3v) is 5.72. The molecule has 0 saturated heterocycles. The summed E-state index contributed by atoms with van der Waals surface area (Å²) in [5.74, 6) is -1.72. The zero-order chi connectivity index (χ0) is 24.9. The summed E-state index contributed by atoms with van der Waals surface area (Å²) in [4.78, 5) is 38.8. The molecule has 0 heterocycles. The van der Waals surface area contributed by atoms with E-state index in [1.54, 1.807) is 48.5 Å². The summed E-state index contributed by atoms with van der Waals surface area (Å²) in [5.41, 5.74) is 4.71. The molecule has 4 rings (SSSR count). The maximum Gasteiger partial charge on any atom is 0.337 e. The quantitative estimate of drug-likeness (QED) is 0.373. The molecule has 0 fully saturated rings. The van der Waals surface area contributed by atoms with Crippen molar-refractivity contribution in [3.8, 4) is 11.1 Å². The molecule has 0 aliphatic carbocycles. The van der Waals surface area contributed by atoms with Crippen LogP contribution in [0.2, 0.25) is 0 Å². The molecule has 174 valence electrons. The fourth-order valence-corrected chi connectivity index (χ4v) is 3.81. The van der Waals surface area contributed by atoms with Crippen molar-refractivity contribution in [1.29, 1.82) is 0 Å². The molecule has 0 spiro atoms. The van der Waals surface area contributed by atoms with E-state index < -0.39 is 5.97 Å². The lowest BCUT2D eigenvalue weighted by molar-refractivity contribution is 0.0697. The average Bonchev–Trinajstić information content (AvgIpc) is 2.88. The molecular formula is C29H24N2O4. The third-order valence-electron chi connectivity index (χ3n) is 5.72. The van der Waals surface area contributed by atoms with Crippen molar-refractivity contribution in [2.24, 2.45) is 0 Å². The average molecular weight is 465 g/mol. The molecule has 0 aromatic heterocycles. The van der Waals surface area contributed by atoms with Gasteiger partial charge in [-0.05, 0) is 60.5 Å². The molecule has 6 heteroatoms. The molecule has 35 heavy (non-hydrogen) atoms. The number of carboxylic acid groups (broad SMARTS) is 1. The summed E-state index contributed by atoms with van der Waals surface area (Å²) >= 11 is 0. The predicted molar refractivity (Wildman–Crippen MR) is 137 cm³/mol. The first-order chi connectivity index (χ1) is 16.8. The van der Waals surface area contributed by atoms with Crippen LogP contribution >= 0.6 is 0 Å². The minimum atomic E-state index is -1.11. The Labute approximate surface area is 203 Å². The van der Waals surface area contributed by atoms with Crippen LogP contribution in [0.4, 0.5) is 11.4 Å². The highest BCUT2D eigenvalue weighted by Gasteiger charge is 2.19. The second-order valence-electron chi connectivity index (χ2n) is 8.13. The lowest BCUT2D eigenvalue weighted by atomic mass is 9.98.